The molecule has 1 rings (SSSR count). The third-order valence-corrected chi connectivity index (χ3v) is 4.59. The Morgan fingerprint density at radius 1 is 1.44 bits per heavy atom. The van der Waals surface area contributed by atoms with Gasteiger partial charge in [0.2, 0.25) is 0 Å². The fourth-order valence-electron chi connectivity index (χ4n) is 1.79. The molecule has 0 radical (unpaired) electrons. The number of thiophene rings is 1. The molecule has 1 aromatic heterocycles. The van der Waals surface area contributed by atoms with Crippen LogP contribution in [0.1, 0.15) is 44.4 Å². The van der Waals surface area contributed by atoms with Crippen LogP contribution in [0.2, 0.25) is 0 Å². The molecule has 92 valence electrons. The summed E-state index contributed by atoms with van der Waals surface area (Å²) in [5.41, 5.74) is 0. The number of hydrogen-bond donors (Lipinski definition) is 1. The van der Waals surface area contributed by atoms with Gasteiger partial charge in [-0.05, 0) is 40.9 Å². The second-order valence-corrected chi connectivity index (χ2v) is 6.19. The normalized spacial score (nSPS) is 12.9. The molecule has 0 aliphatic heterocycles. The molecular weight excluding hydrogens is 282 g/mol. The van der Waals surface area contributed by atoms with Crippen LogP contribution in [0.3, 0.4) is 0 Å². The first-order valence-electron chi connectivity index (χ1n) is 6.19. The highest BCUT2D eigenvalue weighted by Gasteiger charge is 2.05. The largest absolute Gasteiger partial charge is 0.312 e. The number of nitrogens with one attached hydrogen (secondary N) is 1. The van der Waals surface area contributed by atoms with E-state index < -0.39 is 0 Å². The summed E-state index contributed by atoms with van der Waals surface area (Å²) in [7, 11) is 0. The van der Waals surface area contributed by atoms with Crippen molar-refractivity contribution in [3.63, 3.8) is 0 Å². The molecule has 0 amide bonds. The van der Waals surface area contributed by atoms with E-state index in [1.807, 2.05) is 11.3 Å². The van der Waals surface area contributed by atoms with Gasteiger partial charge in [0.25, 0.3) is 0 Å². The molecule has 1 aromatic rings. The monoisotopic (exact) mass is 303 g/mol. The standard InChI is InChI=1S/C13H22BrNS/c1-3-5-6-11(4-2)8-15-9-13-7-12(14)10-16-13/h7,10-11,15H,3-6,8-9H2,1-2H3. The molecule has 1 atom stereocenters. The Morgan fingerprint density at radius 3 is 2.81 bits per heavy atom. The molecule has 0 spiro atoms. The minimum absolute atomic E-state index is 0.850. The summed E-state index contributed by atoms with van der Waals surface area (Å²) in [5.74, 6) is 0.850. The first-order chi connectivity index (χ1) is 7.76. The molecule has 0 saturated heterocycles. The van der Waals surface area contributed by atoms with Gasteiger partial charge in [0.05, 0.1) is 0 Å². The van der Waals surface area contributed by atoms with Gasteiger partial charge in [0.1, 0.15) is 0 Å². The number of unbranched alkanes of at least 4 members (excludes halogenated alkanes) is 1. The lowest BCUT2D eigenvalue weighted by Crippen LogP contribution is -2.21. The van der Waals surface area contributed by atoms with Crippen molar-refractivity contribution in [3.05, 3.63) is 20.8 Å². The Labute approximate surface area is 112 Å². The quantitative estimate of drug-likeness (QED) is 0.726. The van der Waals surface area contributed by atoms with Crippen LogP contribution in [-0.4, -0.2) is 6.54 Å². The van der Waals surface area contributed by atoms with Crippen molar-refractivity contribution in [2.45, 2.75) is 46.1 Å². The summed E-state index contributed by atoms with van der Waals surface area (Å²) in [4.78, 5) is 1.41. The first-order valence-corrected chi connectivity index (χ1v) is 7.87. The van der Waals surface area contributed by atoms with Gasteiger partial charge in [-0.15, -0.1) is 11.3 Å². The molecule has 0 fully saturated rings. The van der Waals surface area contributed by atoms with Crippen LogP contribution in [0.4, 0.5) is 0 Å². The number of rotatable bonds is 8. The molecule has 3 heteroatoms. The van der Waals surface area contributed by atoms with Crippen LogP contribution < -0.4 is 5.32 Å². The highest BCUT2D eigenvalue weighted by atomic mass is 79.9. The zero-order chi connectivity index (χ0) is 11.8. The summed E-state index contributed by atoms with van der Waals surface area (Å²) in [6, 6.07) is 2.20. The minimum Gasteiger partial charge on any atom is -0.312 e. The molecule has 1 nitrogen and oxygen atoms in total. The fraction of sp³-hybridized carbons (Fsp3) is 0.692. The van der Waals surface area contributed by atoms with Gasteiger partial charge in [0, 0.05) is 21.3 Å². The molecule has 0 bridgehead atoms. The van der Waals surface area contributed by atoms with E-state index in [9.17, 15) is 0 Å². The van der Waals surface area contributed by atoms with Crippen molar-refractivity contribution < 1.29 is 0 Å². The number of hydrogen-bond acceptors (Lipinski definition) is 2. The van der Waals surface area contributed by atoms with Gasteiger partial charge in [-0.2, -0.15) is 0 Å². The molecule has 1 unspecified atom stereocenters. The summed E-state index contributed by atoms with van der Waals surface area (Å²) >= 11 is 5.30. The molecule has 0 saturated carbocycles. The van der Waals surface area contributed by atoms with Gasteiger partial charge >= 0.3 is 0 Å². The van der Waals surface area contributed by atoms with E-state index >= 15 is 0 Å². The minimum atomic E-state index is 0.850. The molecule has 1 heterocycles. The van der Waals surface area contributed by atoms with E-state index in [4.69, 9.17) is 0 Å². The van der Waals surface area contributed by atoms with E-state index in [1.54, 1.807) is 0 Å². The second-order valence-electron chi connectivity index (χ2n) is 4.28. The zero-order valence-corrected chi connectivity index (χ0v) is 12.7. The van der Waals surface area contributed by atoms with E-state index in [0.717, 1.165) is 19.0 Å². The van der Waals surface area contributed by atoms with Crippen molar-refractivity contribution in [3.8, 4) is 0 Å². The smallest absolute Gasteiger partial charge is 0.0300 e. The van der Waals surface area contributed by atoms with Crippen LogP contribution in [0, 0.1) is 5.92 Å². The second kappa shape index (κ2) is 8.26. The van der Waals surface area contributed by atoms with Gasteiger partial charge in [-0.3, -0.25) is 0 Å². The lowest BCUT2D eigenvalue weighted by atomic mass is 9.99. The van der Waals surface area contributed by atoms with E-state index in [0.29, 0.717) is 0 Å². The van der Waals surface area contributed by atoms with Crippen LogP contribution in [0.15, 0.2) is 15.9 Å². The maximum Gasteiger partial charge on any atom is 0.0300 e. The van der Waals surface area contributed by atoms with Crippen molar-refractivity contribution >= 4 is 27.3 Å². The maximum atomic E-state index is 3.56. The van der Waals surface area contributed by atoms with Gasteiger partial charge < -0.3 is 5.32 Å². The average molecular weight is 304 g/mol. The van der Waals surface area contributed by atoms with Gasteiger partial charge in [0.15, 0.2) is 0 Å². The number of halogens is 1. The van der Waals surface area contributed by atoms with Crippen LogP contribution >= 0.6 is 27.3 Å². The topological polar surface area (TPSA) is 12.0 Å². The SMILES string of the molecule is CCCCC(CC)CNCc1cc(Br)cs1. The molecule has 0 aliphatic rings. The highest BCUT2D eigenvalue weighted by molar-refractivity contribution is 9.10. The first kappa shape index (κ1) is 14.2. The zero-order valence-electron chi connectivity index (χ0n) is 10.3. The molecule has 1 N–H and O–H groups in total. The molecular formula is C13H22BrNS. The fourth-order valence-corrected chi connectivity index (χ4v) is 3.21. The third kappa shape index (κ3) is 5.46. The van der Waals surface area contributed by atoms with Crippen molar-refractivity contribution in [2.75, 3.05) is 6.54 Å². The van der Waals surface area contributed by atoms with E-state index in [2.05, 4.69) is 46.5 Å². The molecule has 16 heavy (non-hydrogen) atoms. The van der Waals surface area contributed by atoms with Crippen molar-refractivity contribution in [2.24, 2.45) is 5.92 Å². The van der Waals surface area contributed by atoms with Gasteiger partial charge in [-0.1, -0.05) is 33.1 Å². The summed E-state index contributed by atoms with van der Waals surface area (Å²) in [5, 5.41) is 5.71. The Morgan fingerprint density at radius 2 is 2.25 bits per heavy atom. The van der Waals surface area contributed by atoms with Crippen molar-refractivity contribution in [1.29, 1.82) is 0 Å². The Balaban J connectivity index is 2.17. The Hall–Kier alpha value is 0.140. The predicted octanol–water partition coefficient (Wildman–Crippen LogP) is 4.82. The average Bonchev–Trinajstić information content (AvgIpc) is 2.69. The lowest BCUT2D eigenvalue weighted by molar-refractivity contribution is 0.420. The van der Waals surface area contributed by atoms with Crippen LogP contribution in [0.5, 0.6) is 0 Å². The predicted molar refractivity (Wildman–Crippen MR) is 77.0 cm³/mol. The van der Waals surface area contributed by atoms with E-state index in [-0.39, 0.29) is 0 Å². The van der Waals surface area contributed by atoms with Gasteiger partial charge in [-0.25, -0.2) is 0 Å². The summed E-state index contributed by atoms with van der Waals surface area (Å²) in [6.45, 7) is 6.73. The summed E-state index contributed by atoms with van der Waals surface area (Å²) < 4.78 is 1.20. The maximum absolute atomic E-state index is 3.56. The highest BCUT2D eigenvalue weighted by Crippen LogP contribution is 2.19. The third-order valence-electron chi connectivity index (χ3n) is 2.90. The Kier molecular flexibility index (Phi) is 7.33. The van der Waals surface area contributed by atoms with Crippen LogP contribution in [-0.2, 0) is 6.54 Å². The Bertz CT molecular complexity index is 285. The van der Waals surface area contributed by atoms with E-state index in [1.165, 1.54) is 35.0 Å². The lowest BCUT2D eigenvalue weighted by Gasteiger charge is -2.14. The van der Waals surface area contributed by atoms with Crippen molar-refractivity contribution in [1.82, 2.24) is 5.32 Å². The molecule has 0 aliphatic carbocycles. The summed E-state index contributed by atoms with van der Waals surface area (Å²) in [6.07, 6.45) is 5.34. The molecule has 0 aromatic carbocycles. The van der Waals surface area contributed by atoms with Crippen LogP contribution in [0.25, 0.3) is 0 Å².